The third-order valence-electron chi connectivity index (χ3n) is 5.46. The van der Waals surface area contributed by atoms with Crippen LogP contribution in [0.4, 0.5) is 14.5 Å². The molecule has 0 saturated carbocycles. The van der Waals surface area contributed by atoms with Gasteiger partial charge in [-0.2, -0.15) is 0 Å². The number of hydrogen-bond acceptors (Lipinski definition) is 4. The molecule has 1 atom stereocenters. The van der Waals surface area contributed by atoms with E-state index < -0.39 is 36.1 Å². The number of hydrogen-bond donors (Lipinski definition) is 3. The van der Waals surface area contributed by atoms with Crippen molar-refractivity contribution in [3.8, 4) is 0 Å². The summed E-state index contributed by atoms with van der Waals surface area (Å²) in [5.41, 5.74) is 1.33. The topological polar surface area (TPSA) is 100 Å². The fraction of sp³-hybridized carbons (Fsp3) is 0.435. The lowest BCUT2D eigenvalue weighted by molar-refractivity contribution is -0.118. The minimum Gasteiger partial charge on any atom is -0.394 e. The van der Waals surface area contributed by atoms with E-state index in [0.29, 0.717) is 16.9 Å². The normalized spacial score (nSPS) is 12.0. The van der Waals surface area contributed by atoms with Crippen LogP contribution in [0.25, 0.3) is 0 Å². The first kappa shape index (κ1) is 25.2. The molecule has 1 aromatic carbocycles. The van der Waals surface area contributed by atoms with Crippen molar-refractivity contribution in [2.45, 2.75) is 47.2 Å². The van der Waals surface area contributed by atoms with Gasteiger partial charge in [0.1, 0.15) is 12.5 Å². The minimum atomic E-state index is -0.945. The second-order valence-electron chi connectivity index (χ2n) is 8.03. The van der Waals surface area contributed by atoms with Crippen molar-refractivity contribution in [3.63, 3.8) is 0 Å². The number of amides is 2. The van der Waals surface area contributed by atoms with Gasteiger partial charge in [0.25, 0.3) is 17.6 Å². The summed E-state index contributed by atoms with van der Waals surface area (Å²) in [4.78, 5) is 38.5. The molecule has 2 rings (SSSR count). The number of ketones is 1. The highest BCUT2D eigenvalue weighted by Gasteiger charge is 2.31. The van der Waals surface area contributed by atoms with Crippen molar-refractivity contribution < 1.29 is 28.3 Å². The molecule has 9 heteroatoms. The van der Waals surface area contributed by atoms with Crippen LogP contribution in [0.2, 0.25) is 0 Å². The lowest BCUT2D eigenvalue weighted by Gasteiger charge is -2.19. The van der Waals surface area contributed by atoms with E-state index in [1.54, 1.807) is 27.7 Å². The smallest absolute Gasteiger partial charge is 0.294 e. The van der Waals surface area contributed by atoms with E-state index in [-0.39, 0.29) is 35.9 Å². The van der Waals surface area contributed by atoms with Crippen molar-refractivity contribution in [2.24, 2.45) is 5.92 Å². The molecule has 2 amide bonds. The Labute approximate surface area is 185 Å². The molecule has 32 heavy (non-hydrogen) atoms. The molecular weight excluding hydrogens is 420 g/mol. The number of alkyl halides is 1. The van der Waals surface area contributed by atoms with Gasteiger partial charge >= 0.3 is 0 Å². The number of halogens is 2. The SMILES string of the molecule is Cc1cc(NC(=O)c2c(C)c(C(=O)C(=O)N[C@H](CO)C(C)C)n(CCF)c2C)ccc1F. The van der Waals surface area contributed by atoms with Gasteiger partial charge in [-0.25, -0.2) is 8.78 Å². The van der Waals surface area contributed by atoms with E-state index in [1.165, 1.54) is 29.7 Å². The van der Waals surface area contributed by atoms with E-state index in [2.05, 4.69) is 10.6 Å². The number of carbonyl (C=O) groups excluding carboxylic acids is 3. The molecule has 2 aromatic rings. The molecule has 0 radical (unpaired) electrons. The minimum absolute atomic E-state index is 0.0847. The molecule has 3 N–H and O–H groups in total. The molecule has 7 nitrogen and oxygen atoms in total. The third kappa shape index (κ3) is 5.21. The number of Topliss-reactive ketones (excluding diaryl/α,β-unsaturated/α-hetero) is 1. The van der Waals surface area contributed by atoms with Crippen LogP contribution in [0.15, 0.2) is 18.2 Å². The zero-order chi connectivity index (χ0) is 24.2. The molecule has 1 aromatic heterocycles. The van der Waals surface area contributed by atoms with E-state index in [1.807, 2.05) is 0 Å². The van der Waals surface area contributed by atoms with Gasteiger partial charge in [0.15, 0.2) is 0 Å². The lowest BCUT2D eigenvalue weighted by atomic mass is 10.0. The largest absolute Gasteiger partial charge is 0.394 e. The average molecular weight is 449 g/mol. The second kappa shape index (κ2) is 10.5. The Kier molecular flexibility index (Phi) is 8.26. The Morgan fingerprint density at radius 1 is 1.16 bits per heavy atom. The summed E-state index contributed by atoms with van der Waals surface area (Å²) in [7, 11) is 0. The zero-order valence-corrected chi connectivity index (χ0v) is 18.9. The van der Waals surface area contributed by atoms with Gasteiger partial charge in [-0.1, -0.05) is 13.8 Å². The Balaban J connectivity index is 2.43. The maximum Gasteiger partial charge on any atom is 0.294 e. The molecule has 0 saturated heterocycles. The van der Waals surface area contributed by atoms with Crippen molar-refractivity contribution in [2.75, 3.05) is 18.6 Å². The maximum atomic E-state index is 13.5. The molecule has 1 heterocycles. The first-order chi connectivity index (χ1) is 15.0. The number of aliphatic hydroxyl groups excluding tert-OH is 1. The summed E-state index contributed by atoms with van der Waals surface area (Å²) in [6.45, 7) is 6.85. The Morgan fingerprint density at radius 2 is 1.81 bits per heavy atom. The highest BCUT2D eigenvalue weighted by Crippen LogP contribution is 2.25. The Bertz CT molecular complexity index is 1030. The van der Waals surface area contributed by atoms with Crippen molar-refractivity contribution in [3.05, 3.63) is 52.1 Å². The highest BCUT2D eigenvalue weighted by atomic mass is 19.1. The van der Waals surface area contributed by atoms with Crippen LogP contribution in [-0.2, 0) is 11.3 Å². The highest BCUT2D eigenvalue weighted by molar-refractivity contribution is 6.43. The quantitative estimate of drug-likeness (QED) is 0.405. The fourth-order valence-corrected chi connectivity index (χ4v) is 3.57. The van der Waals surface area contributed by atoms with Gasteiger partial charge in [-0.3, -0.25) is 14.4 Å². The van der Waals surface area contributed by atoms with Crippen molar-refractivity contribution in [1.82, 2.24) is 9.88 Å². The monoisotopic (exact) mass is 449 g/mol. The van der Waals surface area contributed by atoms with E-state index in [0.717, 1.165) is 0 Å². The Morgan fingerprint density at radius 3 is 2.34 bits per heavy atom. The average Bonchev–Trinajstić information content (AvgIpc) is 2.97. The van der Waals surface area contributed by atoms with Crippen molar-refractivity contribution in [1.29, 1.82) is 0 Å². The van der Waals surface area contributed by atoms with Gasteiger partial charge in [-0.15, -0.1) is 0 Å². The maximum absolute atomic E-state index is 13.5. The molecule has 174 valence electrons. The lowest BCUT2D eigenvalue weighted by Crippen LogP contribution is -2.44. The van der Waals surface area contributed by atoms with Crippen LogP contribution in [-0.4, -0.2) is 46.6 Å². The first-order valence-corrected chi connectivity index (χ1v) is 10.3. The number of aliphatic hydroxyl groups is 1. The summed E-state index contributed by atoms with van der Waals surface area (Å²) in [6.07, 6.45) is 0. The third-order valence-corrected chi connectivity index (χ3v) is 5.46. The number of nitrogens with zero attached hydrogens (tertiary/aromatic N) is 1. The number of aromatic nitrogens is 1. The number of nitrogens with one attached hydrogen (secondary N) is 2. The van der Waals surface area contributed by atoms with Gasteiger partial charge < -0.3 is 20.3 Å². The molecule has 0 aliphatic heterocycles. The van der Waals surface area contributed by atoms with E-state index in [4.69, 9.17) is 0 Å². The van der Waals surface area contributed by atoms with E-state index in [9.17, 15) is 28.3 Å². The van der Waals surface area contributed by atoms with Gasteiger partial charge in [-0.05, 0) is 56.0 Å². The van der Waals surface area contributed by atoms with Gasteiger partial charge in [0, 0.05) is 11.4 Å². The molecule has 0 fully saturated rings. The van der Waals surface area contributed by atoms with Crippen LogP contribution in [0.5, 0.6) is 0 Å². The zero-order valence-electron chi connectivity index (χ0n) is 18.9. The van der Waals surface area contributed by atoms with Crippen LogP contribution < -0.4 is 10.6 Å². The molecule has 0 spiro atoms. The standard InChI is InChI=1S/C23H29F2N3O4/c1-12(2)18(11-29)27-23(32)21(30)20-14(4)19(15(5)28(20)9-8-24)22(31)26-16-6-7-17(25)13(3)10-16/h6-7,10,12,18,29H,8-9,11H2,1-5H3,(H,26,31)(H,27,32)/t18-/m1/s1. The van der Waals surface area contributed by atoms with Crippen LogP contribution in [0.1, 0.15) is 51.5 Å². The van der Waals surface area contributed by atoms with Crippen molar-refractivity contribution >= 4 is 23.3 Å². The molecule has 0 aliphatic rings. The number of rotatable bonds is 9. The summed E-state index contributed by atoms with van der Waals surface area (Å²) >= 11 is 0. The molecule has 0 bridgehead atoms. The van der Waals surface area contributed by atoms with Crippen LogP contribution in [0, 0.1) is 32.5 Å². The molecular formula is C23H29F2N3O4. The summed E-state index contributed by atoms with van der Waals surface area (Å²) in [5.74, 6) is -2.95. The van der Waals surface area contributed by atoms with Gasteiger partial charge in [0.05, 0.1) is 30.5 Å². The number of aryl methyl sites for hydroxylation is 1. The number of anilines is 1. The van der Waals surface area contributed by atoms with Crippen LogP contribution >= 0.6 is 0 Å². The first-order valence-electron chi connectivity index (χ1n) is 10.3. The molecule has 0 unspecified atom stereocenters. The van der Waals surface area contributed by atoms with Crippen LogP contribution in [0.3, 0.4) is 0 Å². The van der Waals surface area contributed by atoms with E-state index >= 15 is 0 Å². The molecule has 0 aliphatic carbocycles. The number of benzene rings is 1. The summed E-state index contributed by atoms with van der Waals surface area (Å²) < 4.78 is 28.1. The predicted molar refractivity (Wildman–Crippen MR) is 117 cm³/mol. The predicted octanol–water partition coefficient (Wildman–Crippen LogP) is 3.09. The Hall–Kier alpha value is -3.07. The number of carbonyl (C=O) groups is 3. The van der Waals surface area contributed by atoms with Gasteiger partial charge in [0.2, 0.25) is 0 Å². The summed E-state index contributed by atoms with van der Waals surface area (Å²) in [6, 6.07) is 3.48. The second-order valence-corrected chi connectivity index (χ2v) is 8.03. The summed E-state index contributed by atoms with van der Waals surface area (Å²) in [5, 5.41) is 14.6. The fourth-order valence-electron chi connectivity index (χ4n) is 3.57.